The smallest absolute Gasteiger partial charge is 0.267 e. The van der Waals surface area contributed by atoms with Gasteiger partial charge < -0.3 is 5.32 Å². The van der Waals surface area contributed by atoms with Gasteiger partial charge in [0, 0.05) is 10.9 Å². The molecular formula is C17H16N4O2S2. The molecule has 8 heteroatoms. The molecule has 3 aromatic rings. The third-order valence-corrected chi connectivity index (χ3v) is 5.99. The molecule has 4 rings (SSSR count). The molecule has 6 nitrogen and oxygen atoms in total. The van der Waals surface area contributed by atoms with E-state index in [2.05, 4.69) is 15.4 Å². The van der Waals surface area contributed by atoms with E-state index < -0.39 is 0 Å². The Morgan fingerprint density at radius 1 is 1.24 bits per heavy atom. The van der Waals surface area contributed by atoms with Crippen LogP contribution in [0.15, 0.2) is 34.4 Å². The van der Waals surface area contributed by atoms with Gasteiger partial charge in [-0.05, 0) is 43.2 Å². The monoisotopic (exact) mass is 372 g/mol. The van der Waals surface area contributed by atoms with E-state index in [0.717, 1.165) is 29.8 Å². The number of aromatic nitrogens is 3. The van der Waals surface area contributed by atoms with Gasteiger partial charge in [0.25, 0.3) is 5.56 Å². The first-order chi connectivity index (χ1) is 12.2. The molecule has 0 radical (unpaired) electrons. The van der Waals surface area contributed by atoms with Crippen LogP contribution in [0.1, 0.15) is 23.4 Å². The van der Waals surface area contributed by atoms with Crippen molar-refractivity contribution >= 4 is 33.7 Å². The summed E-state index contributed by atoms with van der Waals surface area (Å²) in [6.45, 7) is -0.123. The van der Waals surface area contributed by atoms with Crippen LogP contribution in [0.4, 0.5) is 5.13 Å². The summed E-state index contributed by atoms with van der Waals surface area (Å²) in [5.41, 5.74) is 1.49. The van der Waals surface area contributed by atoms with Crippen LogP contribution in [0.25, 0.3) is 10.6 Å². The summed E-state index contributed by atoms with van der Waals surface area (Å²) in [5.74, 6) is -0.288. The van der Waals surface area contributed by atoms with E-state index in [0.29, 0.717) is 10.8 Å². The first-order valence-electron chi connectivity index (χ1n) is 8.09. The molecule has 1 amide bonds. The second kappa shape index (κ2) is 6.89. The number of carbonyl (C=O) groups excluding carboxylic acids is 1. The number of amides is 1. The number of hydrogen-bond donors (Lipinski definition) is 1. The normalized spacial score (nSPS) is 13.4. The predicted molar refractivity (Wildman–Crippen MR) is 99.2 cm³/mol. The quantitative estimate of drug-likeness (QED) is 0.764. The Morgan fingerprint density at radius 2 is 2.12 bits per heavy atom. The Kier molecular flexibility index (Phi) is 4.46. The number of hydrogen-bond acceptors (Lipinski definition) is 6. The standard InChI is InChI=1S/C17H16N4O2S2/c22-15(19-17-18-11-4-1-2-5-14(11)25-17)10-21-16(23)8-7-12(20-21)13-6-3-9-24-13/h3,6-9H,1-2,4-5,10H2,(H,18,19,22). The molecule has 1 aliphatic carbocycles. The lowest BCUT2D eigenvalue weighted by Gasteiger charge is -2.06. The summed E-state index contributed by atoms with van der Waals surface area (Å²) in [7, 11) is 0. The molecular weight excluding hydrogens is 356 g/mol. The van der Waals surface area contributed by atoms with E-state index in [1.165, 1.54) is 33.4 Å². The molecule has 0 atom stereocenters. The zero-order valence-electron chi connectivity index (χ0n) is 13.4. The molecule has 1 N–H and O–H groups in total. The van der Waals surface area contributed by atoms with Gasteiger partial charge in [0.15, 0.2) is 5.13 Å². The van der Waals surface area contributed by atoms with Crippen LogP contribution in [0, 0.1) is 0 Å². The van der Waals surface area contributed by atoms with E-state index in [1.54, 1.807) is 17.4 Å². The van der Waals surface area contributed by atoms with Crippen LogP contribution >= 0.6 is 22.7 Å². The number of rotatable bonds is 4. The maximum absolute atomic E-state index is 12.3. The van der Waals surface area contributed by atoms with Crippen LogP contribution in [-0.4, -0.2) is 20.7 Å². The van der Waals surface area contributed by atoms with Crippen molar-refractivity contribution in [3.63, 3.8) is 0 Å². The van der Waals surface area contributed by atoms with Crippen molar-refractivity contribution in [3.8, 4) is 10.6 Å². The Labute approximate surface area is 152 Å². The molecule has 1 aliphatic rings. The van der Waals surface area contributed by atoms with Crippen molar-refractivity contribution in [2.24, 2.45) is 0 Å². The highest BCUT2D eigenvalue weighted by atomic mass is 32.1. The molecule has 0 spiro atoms. The van der Waals surface area contributed by atoms with Crippen molar-refractivity contribution in [2.45, 2.75) is 32.2 Å². The third kappa shape index (κ3) is 3.54. The van der Waals surface area contributed by atoms with Gasteiger partial charge in [-0.25, -0.2) is 9.67 Å². The topological polar surface area (TPSA) is 76.9 Å². The second-order valence-electron chi connectivity index (χ2n) is 5.84. The number of aryl methyl sites for hydroxylation is 2. The fourth-order valence-corrected chi connectivity index (χ4v) is 4.57. The second-order valence-corrected chi connectivity index (χ2v) is 7.87. The van der Waals surface area contributed by atoms with Crippen LogP contribution in [0.5, 0.6) is 0 Å². The van der Waals surface area contributed by atoms with Crippen molar-refractivity contribution in [1.29, 1.82) is 0 Å². The van der Waals surface area contributed by atoms with Gasteiger partial charge in [0.05, 0.1) is 10.6 Å². The SMILES string of the molecule is O=C(Cn1nc(-c2cccs2)ccc1=O)Nc1nc2c(s1)CCCC2. The minimum atomic E-state index is -0.297. The Hall–Kier alpha value is -2.32. The maximum Gasteiger partial charge on any atom is 0.267 e. The fraction of sp³-hybridized carbons (Fsp3) is 0.294. The summed E-state index contributed by atoms with van der Waals surface area (Å²) < 4.78 is 1.19. The number of anilines is 1. The van der Waals surface area contributed by atoms with E-state index in [9.17, 15) is 9.59 Å². The fourth-order valence-electron chi connectivity index (χ4n) is 2.82. The molecule has 3 heterocycles. The van der Waals surface area contributed by atoms with Crippen LogP contribution < -0.4 is 10.9 Å². The van der Waals surface area contributed by atoms with Crippen LogP contribution in [0.2, 0.25) is 0 Å². The Balaban J connectivity index is 1.50. The molecule has 0 unspecified atom stereocenters. The van der Waals surface area contributed by atoms with Gasteiger partial charge in [-0.1, -0.05) is 6.07 Å². The number of fused-ring (bicyclic) bond motifs is 1. The summed E-state index contributed by atoms with van der Waals surface area (Å²) >= 11 is 3.07. The maximum atomic E-state index is 12.3. The lowest BCUT2D eigenvalue weighted by molar-refractivity contribution is -0.117. The molecule has 0 saturated heterocycles. The average Bonchev–Trinajstić information content (AvgIpc) is 3.25. The number of thiazole rings is 1. The zero-order chi connectivity index (χ0) is 17.2. The van der Waals surface area contributed by atoms with Crippen LogP contribution in [-0.2, 0) is 24.2 Å². The molecule has 0 fully saturated rings. The Morgan fingerprint density at radius 3 is 2.92 bits per heavy atom. The van der Waals surface area contributed by atoms with Crippen molar-refractivity contribution in [3.05, 3.63) is 50.6 Å². The summed E-state index contributed by atoms with van der Waals surface area (Å²) in [4.78, 5) is 31.0. The molecule has 25 heavy (non-hydrogen) atoms. The van der Waals surface area contributed by atoms with Crippen molar-refractivity contribution in [2.75, 3.05) is 5.32 Å². The molecule has 3 aromatic heterocycles. The predicted octanol–water partition coefficient (Wildman–Crippen LogP) is 2.95. The number of carbonyl (C=O) groups is 1. The minimum Gasteiger partial charge on any atom is -0.300 e. The lowest BCUT2D eigenvalue weighted by Crippen LogP contribution is -2.29. The van der Waals surface area contributed by atoms with Gasteiger partial charge in [-0.15, -0.1) is 22.7 Å². The zero-order valence-corrected chi connectivity index (χ0v) is 15.0. The van der Waals surface area contributed by atoms with Gasteiger partial charge in [-0.2, -0.15) is 5.10 Å². The summed E-state index contributed by atoms with van der Waals surface area (Å²) in [5, 5.41) is 9.66. The highest BCUT2D eigenvalue weighted by molar-refractivity contribution is 7.15. The van der Waals surface area contributed by atoms with Crippen molar-refractivity contribution < 1.29 is 4.79 Å². The summed E-state index contributed by atoms with van der Waals surface area (Å²) in [6, 6.07) is 6.98. The first-order valence-corrected chi connectivity index (χ1v) is 9.79. The van der Waals surface area contributed by atoms with Crippen molar-refractivity contribution in [1.82, 2.24) is 14.8 Å². The van der Waals surface area contributed by atoms with E-state index in [4.69, 9.17) is 0 Å². The van der Waals surface area contributed by atoms with Gasteiger partial charge in [0.1, 0.15) is 12.2 Å². The van der Waals surface area contributed by atoms with E-state index in [-0.39, 0.29) is 18.0 Å². The Bertz CT molecular complexity index is 936. The molecule has 0 aromatic carbocycles. The number of thiophene rings is 1. The number of nitrogens with one attached hydrogen (secondary N) is 1. The van der Waals surface area contributed by atoms with Gasteiger partial charge >= 0.3 is 0 Å². The van der Waals surface area contributed by atoms with Gasteiger partial charge in [0.2, 0.25) is 5.91 Å². The van der Waals surface area contributed by atoms with E-state index in [1.807, 2.05) is 17.5 Å². The van der Waals surface area contributed by atoms with Crippen LogP contribution in [0.3, 0.4) is 0 Å². The lowest BCUT2D eigenvalue weighted by atomic mass is 10.0. The first kappa shape index (κ1) is 16.2. The average molecular weight is 372 g/mol. The molecule has 128 valence electrons. The third-order valence-electron chi connectivity index (χ3n) is 4.03. The minimum absolute atomic E-state index is 0.123. The highest BCUT2D eigenvalue weighted by Gasteiger charge is 2.17. The molecule has 0 aliphatic heterocycles. The van der Waals surface area contributed by atoms with Gasteiger partial charge in [-0.3, -0.25) is 9.59 Å². The largest absolute Gasteiger partial charge is 0.300 e. The van der Waals surface area contributed by atoms with E-state index >= 15 is 0 Å². The molecule has 0 bridgehead atoms. The highest BCUT2D eigenvalue weighted by Crippen LogP contribution is 2.29. The number of nitrogens with zero attached hydrogens (tertiary/aromatic N) is 3. The summed E-state index contributed by atoms with van der Waals surface area (Å²) in [6.07, 6.45) is 4.34. The molecule has 0 saturated carbocycles.